The van der Waals surface area contributed by atoms with E-state index >= 15 is 0 Å². The van der Waals surface area contributed by atoms with Crippen LogP contribution in [0.25, 0.3) is 0 Å². The summed E-state index contributed by atoms with van der Waals surface area (Å²) in [5.41, 5.74) is 1.02. The number of carbonyl (C=O) groups is 1. The summed E-state index contributed by atoms with van der Waals surface area (Å²) in [6.45, 7) is 6.31. The van der Waals surface area contributed by atoms with Crippen molar-refractivity contribution in [1.29, 1.82) is 0 Å². The van der Waals surface area contributed by atoms with E-state index in [2.05, 4.69) is 24.1 Å². The molecule has 0 saturated heterocycles. The van der Waals surface area contributed by atoms with E-state index in [0.717, 1.165) is 5.56 Å². The van der Waals surface area contributed by atoms with Gasteiger partial charge in [-0.15, -0.1) is 0 Å². The molecule has 0 aliphatic rings. The van der Waals surface area contributed by atoms with Crippen LogP contribution in [0.3, 0.4) is 0 Å². The molecule has 0 bridgehead atoms. The Balaban J connectivity index is 0. The molecule has 0 unspecified atom stereocenters. The molecular formula is C11H20N2O. The van der Waals surface area contributed by atoms with E-state index in [-0.39, 0.29) is 7.33 Å². The van der Waals surface area contributed by atoms with E-state index in [1.165, 1.54) is 13.3 Å². The molecule has 1 aromatic rings. The van der Waals surface area contributed by atoms with E-state index in [4.69, 9.17) is 0 Å². The maximum absolute atomic E-state index is 10.5. The average Bonchev–Trinajstić information content (AvgIpc) is 2.18. The van der Waals surface area contributed by atoms with Crippen molar-refractivity contribution in [3.63, 3.8) is 0 Å². The standard InChI is InChI=1S/C8H10N2O.C3H8.H2/c1-7(11)10-6-8-3-2-4-9-5-8;1-3-2;/h2-5H,6H2,1H3,(H,10,11);3H2,1-2H3;1H. The average molecular weight is 196 g/mol. The zero-order valence-electron chi connectivity index (χ0n) is 9.08. The minimum Gasteiger partial charge on any atom is -0.352 e. The third-order valence-electron chi connectivity index (χ3n) is 1.26. The highest BCUT2D eigenvalue weighted by molar-refractivity contribution is 5.72. The lowest BCUT2D eigenvalue weighted by Crippen LogP contribution is -2.18. The second-order valence-electron chi connectivity index (χ2n) is 2.98. The van der Waals surface area contributed by atoms with Gasteiger partial charge in [-0.05, 0) is 11.6 Å². The van der Waals surface area contributed by atoms with Crippen LogP contribution in [-0.4, -0.2) is 10.9 Å². The van der Waals surface area contributed by atoms with Crippen LogP contribution < -0.4 is 5.32 Å². The van der Waals surface area contributed by atoms with Crippen molar-refractivity contribution in [3.05, 3.63) is 30.1 Å². The van der Waals surface area contributed by atoms with Gasteiger partial charge in [0.2, 0.25) is 5.91 Å². The largest absolute Gasteiger partial charge is 0.352 e. The molecule has 80 valence electrons. The van der Waals surface area contributed by atoms with E-state index in [9.17, 15) is 4.79 Å². The topological polar surface area (TPSA) is 42.0 Å². The number of nitrogens with zero attached hydrogens (tertiary/aromatic N) is 1. The van der Waals surface area contributed by atoms with Crippen molar-refractivity contribution in [2.45, 2.75) is 33.7 Å². The molecule has 0 radical (unpaired) electrons. The summed E-state index contributed by atoms with van der Waals surface area (Å²) in [6.07, 6.45) is 4.69. The Labute approximate surface area is 87.0 Å². The van der Waals surface area contributed by atoms with Gasteiger partial charge in [-0.25, -0.2) is 0 Å². The lowest BCUT2D eigenvalue weighted by molar-refractivity contribution is -0.119. The summed E-state index contributed by atoms with van der Waals surface area (Å²) in [6, 6.07) is 3.76. The van der Waals surface area contributed by atoms with Crippen LogP contribution in [0.5, 0.6) is 0 Å². The number of carbonyl (C=O) groups excluding carboxylic acids is 1. The first kappa shape index (κ1) is 12.6. The number of pyridine rings is 1. The third kappa shape index (κ3) is 7.28. The Morgan fingerprint density at radius 3 is 2.64 bits per heavy atom. The molecule has 1 heterocycles. The maximum Gasteiger partial charge on any atom is 0.217 e. The smallest absolute Gasteiger partial charge is 0.217 e. The first-order chi connectivity index (χ1) is 6.70. The Morgan fingerprint density at radius 1 is 1.57 bits per heavy atom. The van der Waals surface area contributed by atoms with Crippen molar-refractivity contribution in [3.8, 4) is 0 Å². The van der Waals surface area contributed by atoms with Crippen LogP contribution in [0.15, 0.2) is 24.5 Å². The molecule has 1 rings (SSSR count). The summed E-state index contributed by atoms with van der Waals surface area (Å²) in [4.78, 5) is 14.4. The van der Waals surface area contributed by atoms with Crippen molar-refractivity contribution >= 4 is 5.91 Å². The minimum absolute atomic E-state index is 0. The molecule has 1 N–H and O–H groups in total. The predicted octanol–water partition coefficient (Wildman–Crippen LogP) is 2.38. The third-order valence-corrected chi connectivity index (χ3v) is 1.26. The zero-order valence-corrected chi connectivity index (χ0v) is 9.08. The number of amides is 1. The van der Waals surface area contributed by atoms with Crippen molar-refractivity contribution in [2.75, 3.05) is 0 Å². The maximum atomic E-state index is 10.5. The second kappa shape index (κ2) is 8.23. The zero-order chi connectivity index (χ0) is 10.8. The molecule has 0 spiro atoms. The Kier molecular flexibility index (Phi) is 7.42. The van der Waals surface area contributed by atoms with Crippen molar-refractivity contribution in [1.82, 2.24) is 10.3 Å². The molecule has 0 aromatic carbocycles. The molecular weight excluding hydrogens is 176 g/mol. The summed E-state index contributed by atoms with van der Waals surface area (Å²) in [5.74, 6) is -0.0196. The van der Waals surface area contributed by atoms with Gasteiger partial charge in [-0.1, -0.05) is 26.3 Å². The van der Waals surface area contributed by atoms with Crippen LogP contribution >= 0.6 is 0 Å². The summed E-state index contributed by atoms with van der Waals surface area (Å²) in [7, 11) is 0. The Morgan fingerprint density at radius 2 is 2.21 bits per heavy atom. The fourth-order valence-corrected chi connectivity index (χ4v) is 0.729. The highest BCUT2D eigenvalue weighted by atomic mass is 16.1. The molecule has 0 saturated carbocycles. The second-order valence-corrected chi connectivity index (χ2v) is 2.98. The SMILES string of the molecule is CC(=O)NCc1cccnc1.CCC.[HH]. The summed E-state index contributed by atoms with van der Waals surface area (Å²) >= 11 is 0. The quantitative estimate of drug-likeness (QED) is 0.789. The molecule has 1 amide bonds. The highest BCUT2D eigenvalue weighted by Crippen LogP contribution is 1.93. The Bertz CT molecular complexity index is 252. The molecule has 1 aromatic heterocycles. The lowest BCUT2D eigenvalue weighted by Gasteiger charge is -1.99. The van der Waals surface area contributed by atoms with E-state index in [0.29, 0.717) is 6.54 Å². The first-order valence-electron chi connectivity index (χ1n) is 4.84. The molecule has 3 nitrogen and oxygen atoms in total. The fourth-order valence-electron chi connectivity index (χ4n) is 0.729. The van der Waals surface area contributed by atoms with Gasteiger partial charge in [0.1, 0.15) is 0 Å². The predicted molar refractivity (Wildman–Crippen MR) is 59.8 cm³/mol. The molecule has 0 fully saturated rings. The number of rotatable bonds is 2. The van der Waals surface area contributed by atoms with Crippen LogP contribution in [0.2, 0.25) is 0 Å². The van der Waals surface area contributed by atoms with Gasteiger partial charge in [0, 0.05) is 27.3 Å². The summed E-state index contributed by atoms with van der Waals surface area (Å²) in [5, 5.41) is 2.68. The fraction of sp³-hybridized carbons (Fsp3) is 0.455. The molecule has 0 atom stereocenters. The number of hydrogen-bond donors (Lipinski definition) is 1. The summed E-state index contributed by atoms with van der Waals surface area (Å²) < 4.78 is 0. The van der Waals surface area contributed by atoms with Gasteiger partial charge < -0.3 is 5.32 Å². The van der Waals surface area contributed by atoms with E-state index in [1.54, 1.807) is 12.4 Å². The van der Waals surface area contributed by atoms with Gasteiger partial charge in [-0.3, -0.25) is 9.78 Å². The van der Waals surface area contributed by atoms with Crippen LogP contribution in [0.1, 0.15) is 34.2 Å². The van der Waals surface area contributed by atoms with Gasteiger partial charge in [-0.2, -0.15) is 0 Å². The number of hydrogen-bond acceptors (Lipinski definition) is 2. The van der Waals surface area contributed by atoms with Gasteiger partial charge in [0.15, 0.2) is 0 Å². The molecule has 14 heavy (non-hydrogen) atoms. The van der Waals surface area contributed by atoms with E-state index < -0.39 is 0 Å². The normalized spacial score (nSPS) is 8.50. The van der Waals surface area contributed by atoms with Gasteiger partial charge in [0.25, 0.3) is 0 Å². The monoisotopic (exact) mass is 196 g/mol. The molecule has 0 aliphatic carbocycles. The number of aromatic nitrogens is 1. The van der Waals surface area contributed by atoms with Gasteiger partial charge in [0.05, 0.1) is 0 Å². The van der Waals surface area contributed by atoms with Crippen LogP contribution in [0, 0.1) is 0 Å². The van der Waals surface area contributed by atoms with Crippen molar-refractivity contribution in [2.24, 2.45) is 0 Å². The van der Waals surface area contributed by atoms with Crippen molar-refractivity contribution < 1.29 is 6.22 Å². The van der Waals surface area contributed by atoms with E-state index in [1.807, 2.05) is 12.1 Å². The first-order valence-corrected chi connectivity index (χ1v) is 4.84. The minimum atomic E-state index is -0.0196. The van der Waals surface area contributed by atoms with Crippen LogP contribution in [0.4, 0.5) is 0 Å². The lowest BCUT2D eigenvalue weighted by atomic mass is 10.3. The molecule has 3 heteroatoms. The van der Waals surface area contributed by atoms with Gasteiger partial charge >= 0.3 is 0 Å². The van der Waals surface area contributed by atoms with Crippen LogP contribution in [-0.2, 0) is 11.3 Å². The highest BCUT2D eigenvalue weighted by Gasteiger charge is 1.91. The Hall–Kier alpha value is -1.38. The molecule has 0 aliphatic heterocycles. The number of nitrogens with one attached hydrogen (secondary N) is 1.